The maximum atomic E-state index is 15.1. The Labute approximate surface area is 207 Å². The molecule has 2 aromatic carbocycles. The second-order valence-corrected chi connectivity index (χ2v) is 8.40. The lowest BCUT2D eigenvalue weighted by atomic mass is 10.1. The van der Waals surface area contributed by atoms with E-state index in [2.05, 4.69) is 27.1 Å². The van der Waals surface area contributed by atoms with Gasteiger partial charge in [-0.1, -0.05) is 24.1 Å². The molecule has 1 fully saturated rings. The molecule has 1 atom stereocenters. The number of fused-ring (bicyclic) bond motifs is 1. The van der Waals surface area contributed by atoms with Crippen LogP contribution in [0.15, 0.2) is 60.9 Å². The van der Waals surface area contributed by atoms with Crippen LogP contribution in [0.2, 0.25) is 0 Å². The van der Waals surface area contributed by atoms with Gasteiger partial charge in [0.2, 0.25) is 5.78 Å². The SMILES string of the molecule is CC#CC(=O)N1CCC[C@H]1c1nc(C(=O)c2ccc(Nc3ccccc3)cc2F)c2c(N)nccn12. The molecule has 1 aliphatic rings. The normalized spacial score (nSPS) is 14.9. The Hall–Kier alpha value is -4.71. The van der Waals surface area contributed by atoms with Crippen molar-refractivity contribution in [2.24, 2.45) is 0 Å². The van der Waals surface area contributed by atoms with E-state index in [4.69, 9.17) is 5.73 Å². The standard InChI is InChI=1S/C27H23FN6O2/c1-2-7-22(35)33-14-6-10-21(33)27-32-23(24-26(29)30-13-15-34(24)27)25(36)19-12-11-18(16-20(19)28)31-17-8-4-3-5-9-17/h3-5,8-9,11-13,15-16,21,31H,6,10,14H2,1H3,(H2,29,30)/t21-/m0/s1. The number of carbonyl (C=O) groups excluding carboxylic acids is 2. The van der Waals surface area contributed by atoms with Crippen molar-refractivity contribution in [1.29, 1.82) is 0 Å². The molecule has 1 saturated heterocycles. The molecule has 0 unspecified atom stereocenters. The summed E-state index contributed by atoms with van der Waals surface area (Å²) in [6, 6.07) is 13.2. The van der Waals surface area contributed by atoms with E-state index < -0.39 is 17.6 Å². The van der Waals surface area contributed by atoms with Crippen LogP contribution in [-0.2, 0) is 4.79 Å². The molecule has 0 aliphatic carbocycles. The maximum Gasteiger partial charge on any atom is 0.299 e. The average Bonchev–Trinajstić information content (AvgIpc) is 3.50. The summed E-state index contributed by atoms with van der Waals surface area (Å²) < 4.78 is 16.8. The van der Waals surface area contributed by atoms with Gasteiger partial charge >= 0.3 is 0 Å². The number of likely N-dealkylation sites (tertiary alicyclic amines) is 1. The summed E-state index contributed by atoms with van der Waals surface area (Å²) in [5.41, 5.74) is 7.57. The van der Waals surface area contributed by atoms with Crippen LogP contribution in [0, 0.1) is 17.7 Å². The Kier molecular flexibility index (Phi) is 6.09. The molecule has 5 rings (SSSR count). The summed E-state index contributed by atoms with van der Waals surface area (Å²) in [6.07, 6.45) is 4.56. The fourth-order valence-corrected chi connectivity index (χ4v) is 4.53. The molecule has 1 aliphatic heterocycles. The number of nitrogens with zero attached hydrogens (tertiary/aromatic N) is 4. The number of aromatic nitrogens is 3. The van der Waals surface area contributed by atoms with E-state index in [0.29, 0.717) is 24.5 Å². The van der Waals surface area contributed by atoms with Gasteiger partial charge < -0.3 is 16.0 Å². The Morgan fingerprint density at radius 3 is 2.72 bits per heavy atom. The molecule has 3 heterocycles. The highest BCUT2D eigenvalue weighted by Crippen LogP contribution is 2.34. The predicted molar refractivity (Wildman–Crippen MR) is 134 cm³/mol. The van der Waals surface area contributed by atoms with Gasteiger partial charge in [-0.15, -0.1) is 0 Å². The Morgan fingerprint density at radius 2 is 1.97 bits per heavy atom. The van der Waals surface area contributed by atoms with Gasteiger partial charge in [0, 0.05) is 30.3 Å². The summed E-state index contributed by atoms with van der Waals surface area (Å²) in [4.78, 5) is 36.4. The minimum Gasteiger partial charge on any atom is -0.382 e. The molecule has 9 heteroatoms. The molecule has 0 saturated carbocycles. The van der Waals surface area contributed by atoms with Crippen LogP contribution in [0.1, 0.15) is 47.7 Å². The Balaban J connectivity index is 1.54. The van der Waals surface area contributed by atoms with Crippen molar-refractivity contribution in [2.75, 3.05) is 17.6 Å². The monoisotopic (exact) mass is 482 g/mol. The van der Waals surface area contributed by atoms with Crippen LogP contribution in [0.25, 0.3) is 5.52 Å². The van der Waals surface area contributed by atoms with E-state index in [9.17, 15) is 9.59 Å². The van der Waals surface area contributed by atoms with E-state index in [1.807, 2.05) is 30.3 Å². The van der Waals surface area contributed by atoms with Crippen molar-refractivity contribution < 1.29 is 14.0 Å². The van der Waals surface area contributed by atoms with Gasteiger partial charge in [0.05, 0.1) is 11.6 Å². The lowest BCUT2D eigenvalue weighted by Crippen LogP contribution is -2.30. The molecule has 3 N–H and O–H groups in total. The van der Waals surface area contributed by atoms with Gasteiger partial charge in [-0.2, -0.15) is 0 Å². The number of rotatable bonds is 5. The average molecular weight is 483 g/mol. The first-order chi connectivity index (χ1) is 17.5. The van der Waals surface area contributed by atoms with E-state index in [1.165, 1.54) is 18.3 Å². The largest absolute Gasteiger partial charge is 0.382 e. The van der Waals surface area contributed by atoms with E-state index in [1.54, 1.807) is 28.5 Å². The number of para-hydroxylation sites is 1. The Morgan fingerprint density at radius 1 is 1.17 bits per heavy atom. The third-order valence-corrected chi connectivity index (χ3v) is 6.15. The minimum atomic E-state index is -0.693. The Bertz CT molecular complexity index is 1540. The highest BCUT2D eigenvalue weighted by Gasteiger charge is 2.34. The van der Waals surface area contributed by atoms with Gasteiger partial charge in [0.25, 0.3) is 5.91 Å². The molecule has 36 heavy (non-hydrogen) atoms. The number of benzene rings is 2. The van der Waals surface area contributed by atoms with Crippen LogP contribution >= 0.6 is 0 Å². The number of imidazole rings is 1. The number of carbonyl (C=O) groups is 2. The molecular formula is C27H23FN6O2. The summed E-state index contributed by atoms with van der Waals surface area (Å²) in [5, 5.41) is 3.11. The summed E-state index contributed by atoms with van der Waals surface area (Å²) in [6.45, 7) is 2.13. The zero-order chi connectivity index (χ0) is 25.2. The highest BCUT2D eigenvalue weighted by molar-refractivity contribution is 6.13. The van der Waals surface area contributed by atoms with Gasteiger partial charge in [-0.05, 0) is 56.0 Å². The number of hydrogen-bond acceptors (Lipinski definition) is 6. The molecule has 0 radical (unpaired) electrons. The minimum absolute atomic E-state index is 0.0147. The van der Waals surface area contributed by atoms with Crippen molar-refractivity contribution in [3.8, 4) is 11.8 Å². The third kappa shape index (κ3) is 4.14. The second-order valence-electron chi connectivity index (χ2n) is 8.40. The van der Waals surface area contributed by atoms with Crippen LogP contribution in [-0.4, -0.2) is 37.5 Å². The van der Waals surface area contributed by atoms with Crippen LogP contribution in [0.4, 0.5) is 21.6 Å². The van der Waals surface area contributed by atoms with Gasteiger partial charge in [0.1, 0.15) is 28.7 Å². The number of nitrogens with one attached hydrogen (secondary N) is 1. The van der Waals surface area contributed by atoms with Crippen LogP contribution < -0.4 is 11.1 Å². The van der Waals surface area contributed by atoms with Gasteiger partial charge in [-0.3, -0.25) is 14.0 Å². The topological polar surface area (TPSA) is 106 Å². The summed E-state index contributed by atoms with van der Waals surface area (Å²) in [7, 11) is 0. The van der Waals surface area contributed by atoms with Crippen molar-refractivity contribution in [2.45, 2.75) is 25.8 Å². The number of nitrogens with two attached hydrogens (primary N) is 1. The van der Waals surface area contributed by atoms with E-state index in [-0.39, 0.29) is 28.5 Å². The van der Waals surface area contributed by atoms with E-state index >= 15 is 4.39 Å². The molecule has 8 nitrogen and oxygen atoms in total. The van der Waals surface area contributed by atoms with Crippen LogP contribution in [0.5, 0.6) is 0 Å². The first kappa shape index (κ1) is 23.1. The maximum absolute atomic E-state index is 15.1. The third-order valence-electron chi connectivity index (χ3n) is 6.15. The van der Waals surface area contributed by atoms with E-state index in [0.717, 1.165) is 12.1 Å². The fourth-order valence-electron chi connectivity index (χ4n) is 4.53. The number of hydrogen-bond donors (Lipinski definition) is 2. The van der Waals surface area contributed by atoms with Crippen molar-refractivity contribution in [3.63, 3.8) is 0 Å². The van der Waals surface area contributed by atoms with Crippen molar-refractivity contribution in [1.82, 2.24) is 19.3 Å². The molecule has 1 amide bonds. The zero-order valence-corrected chi connectivity index (χ0v) is 19.5. The van der Waals surface area contributed by atoms with Gasteiger partial charge in [-0.25, -0.2) is 14.4 Å². The number of halogens is 1. The molecule has 0 bridgehead atoms. The quantitative estimate of drug-likeness (QED) is 0.328. The predicted octanol–water partition coefficient (Wildman–Crippen LogP) is 4.11. The zero-order valence-electron chi connectivity index (χ0n) is 19.5. The van der Waals surface area contributed by atoms with Gasteiger partial charge in [0.15, 0.2) is 0 Å². The highest BCUT2D eigenvalue weighted by atomic mass is 19.1. The first-order valence-corrected chi connectivity index (χ1v) is 11.5. The molecule has 0 spiro atoms. The smallest absolute Gasteiger partial charge is 0.299 e. The first-order valence-electron chi connectivity index (χ1n) is 11.5. The fraction of sp³-hybridized carbons (Fsp3) is 0.185. The number of anilines is 3. The number of ketones is 1. The lowest BCUT2D eigenvalue weighted by Gasteiger charge is -2.21. The molecule has 2 aromatic heterocycles. The molecular weight excluding hydrogens is 459 g/mol. The molecule has 180 valence electrons. The summed E-state index contributed by atoms with van der Waals surface area (Å²) in [5.74, 6) is 4.14. The van der Waals surface area contributed by atoms with Crippen LogP contribution in [0.3, 0.4) is 0 Å². The second kappa shape index (κ2) is 9.50. The number of amides is 1. The van der Waals surface area contributed by atoms with Crippen molar-refractivity contribution >= 4 is 34.4 Å². The lowest BCUT2D eigenvalue weighted by molar-refractivity contribution is -0.126. The number of nitrogen functional groups attached to an aromatic ring is 1. The molecule has 4 aromatic rings. The summed E-state index contributed by atoms with van der Waals surface area (Å²) >= 11 is 0. The van der Waals surface area contributed by atoms with Crippen molar-refractivity contribution in [3.05, 3.63) is 83.8 Å².